The van der Waals surface area contributed by atoms with Gasteiger partial charge < -0.3 is 10.1 Å². The zero-order valence-electron chi connectivity index (χ0n) is 21.2. The minimum absolute atomic E-state index is 0.0358. The lowest BCUT2D eigenvalue weighted by atomic mass is 10.0. The topological polar surface area (TPSA) is 89.4 Å². The van der Waals surface area contributed by atoms with Crippen LogP contribution >= 0.6 is 0 Å². The first kappa shape index (κ1) is 25.4. The first-order valence-corrected chi connectivity index (χ1v) is 12.9. The van der Waals surface area contributed by atoms with E-state index in [0.717, 1.165) is 25.7 Å². The number of benzene rings is 3. The van der Waals surface area contributed by atoms with Crippen LogP contribution in [-0.4, -0.2) is 39.5 Å². The van der Waals surface area contributed by atoms with Gasteiger partial charge in [-0.15, -0.1) is 5.10 Å². The van der Waals surface area contributed by atoms with Gasteiger partial charge in [-0.05, 0) is 62.2 Å². The molecule has 0 saturated heterocycles. The number of para-hydroxylation sites is 2. The van der Waals surface area contributed by atoms with Gasteiger partial charge in [-0.2, -0.15) is 0 Å². The molecule has 1 aliphatic carbocycles. The first-order valence-electron chi connectivity index (χ1n) is 12.9. The van der Waals surface area contributed by atoms with E-state index in [9.17, 15) is 14.0 Å². The molecule has 1 aromatic heterocycles. The monoisotopic (exact) mass is 515 g/mol. The highest BCUT2D eigenvalue weighted by molar-refractivity contribution is 6.02. The van der Waals surface area contributed by atoms with Crippen LogP contribution < -0.4 is 15.0 Å². The maximum Gasteiger partial charge on any atom is 0.249 e. The number of halogens is 1. The van der Waals surface area contributed by atoms with Crippen molar-refractivity contribution in [3.05, 3.63) is 84.2 Å². The summed E-state index contributed by atoms with van der Waals surface area (Å²) in [5, 5.41) is 11.5. The fraction of sp³-hybridized carbons (Fsp3) is 0.310. The van der Waals surface area contributed by atoms with Gasteiger partial charge in [0.25, 0.3) is 0 Å². The molecule has 1 aliphatic rings. The smallest absolute Gasteiger partial charge is 0.249 e. The molecule has 2 amide bonds. The number of rotatable bonds is 9. The number of nitrogens with zero attached hydrogens (tertiary/aromatic N) is 4. The van der Waals surface area contributed by atoms with Crippen LogP contribution in [0.1, 0.15) is 44.2 Å². The lowest BCUT2D eigenvalue weighted by Gasteiger charge is -2.33. The molecule has 1 atom stereocenters. The molecule has 5 rings (SSSR count). The van der Waals surface area contributed by atoms with Crippen LogP contribution in [0.3, 0.4) is 0 Å². The minimum atomic E-state index is -1.05. The van der Waals surface area contributed by atoms with Crippen molar-refractivity contribution in [2.45, 2.75) is 51.2 Å². The average Bonchev–Trinajstić information content (AvgIpc) is 3.59. The number of hydrogen-bond acceptors (Lipinski definition) is 5. The van der Waals surface area contributed by atoms with Crippen molar-refractivity contribution in [2.24, 2.45) is 0 Å². The molecular formula is C29H30FN5O3. The van der Waals surface area contributed by atoms with Crippen LogP contribution in [0.15, 0.2) is 72.8 Å². The Morgan fingerprint density at radius 1 is 1.05 bits per heavy atom. The van der Waals surface area contributed by atoms with Gasteiger partial charge in [-0.25, -0.2) is 9.07 Å². The molecule has 4 aromatic rings. The van der Waals surface area contributed by atoms with Gasteiger partial charge in [-0.1, -0.05) is 48.4 Å². The Hall–Kier alpha value is -4.27. The van der Waals surface area contributed by atoms with Gasteiger partial charge in [0.05, 0.1) is 12.1 Å². The highest BCUT2D eigenvalue weighted by Gasteiger charge is 2.36. The minimum Gasteiger partial charge on any atom is -0.493 e. The highest BCUT2D eigenvalue weighted by Crippen LogP contribution is 2.35. The molecule has 196 valence electrons. The van der Waals surface area contributed by atoms with E-state index < -0.39 is 17.8 Å². The fourth-order valence-corrected chi connectivity index (χ4v) is 5.02. The maximum atomic E-state index is 14.1. The summed E-state index contributed by atoms with van der Waals surface area (Å²) in [6, 6.07) is 19.1. The molecule has 1 fully saturated rings. The Balaban J connectivity index is 1.60. The quantitative estimate of drug-likeness (QED) is 0.346. The number of nitrogens with one attached hydrogen (secondary N) is 1. The lowest BCUT2D eigenvalue weighted by molar-refractivity contribution is -0.127. The second kappa shape index (κ2) is 11.4. The third-order valence-electron chi connectivity index (χ3n) is 6.80. The molecule has 0 spiro atoms. The van der Waals surface area contributed by atoms with Crippen LogP contribution in [0.4, 0.5) is 10.1 Å². The van der Waals surface area contributed by atoms with Gasteiger partial charge in [0.1, 0.15) is 29.7 Å². The normalized spacial score (nSPS) is 14.4. The Kier molecular flexibility index (Phi) is 7.62. The Bertz CT molecular complexity index is 1420. The van der Waals surface area contributed by atoms with E-state index in [1.807, 2.05) is 43.3 Å². The standard InChI is InChI=1S/C29H30FN5O3/c1-2-38-26-14-8-5-11-23(26)28(29(37)31-21-9-3-4-10-21)35(22-17-15-20(30)16-18-22)27(36)19-34-25-13-7-6-12-24(25)32-33-34/h5-8,11-18,21,28H,2-4,9-10,19H2,1H3,(H,31,37). The fourth-order valence-electron chi connectivity index (χ4n) is 5.02. The van der Waals surface area contributed by atoms with E-state index in [-0.39, 0.29) is 18.5 Å². The summed E-state index contributed by atoms with van der Waals surface area (Å²) >= 11 is 0. The molecule has 8 nitrogen and oxygen atoms in total. The van der Waals surface area contributed by atoms with Crippen molar-refractivity contribution in [1.82, 2.24) is 20.3 Å². The van der Waals surface area contributed by atoms with Gasteiger partial charge in [0, 0.05) is 17.3 Å². The molecule has 1 heterocycles. The number of amides is 2. The zero-order chi connectivity index (χ0) is 26.5. The average molecular weight is 516 g/mol. The molecule has 3 aromatic carbocycles. The van der Waals surface area contributed by atoms with Crippen LogP contribution in [0.5, 0.6) is 5.75 Å². The molecule has 0 bridgehead atoms. The number of carbonyl (C=O) groups excluding carboxylic acids is 2. The Morgan fingerprint density at radius 3 is 2.53 bits per heavy atom. The third-order valence-corrected chi connectivity index (χ3v) is 6.80. The number of fused-ring (bicyclic) bond motifs is 1. The molecule has 1 N–H and O–H groups in total. The van der Waals surface area contributed by atoms with Crippen molar-refractivity contribution in [3.8, 4) is 5.75 Å². The van der Waals surface area contributed by atoms with E-state index in [2.05, 4.69) is 15.6 Å². The van der Waals surface area contributed by atoms with Crippen LogP contribution in [0.25, 0.3) is 11.0 Å². The molecule has 9 heteroatoms. The summed E-state index contributed by atoms with van der Waals surface area (Å²) < 4.78 is 21.3. The van der Waals surface area contributed by atoms with Crippen molar-refractivity contribution < 1.29 is 18.7 Å². The second-order valence-corrected chi connectivity index (χ2v) is 9.34. The number of anilines is 1. The molecule has 1 unspecified atom stereocenters. The van der Waals surface area contributed by atoms with Gasteiger partial charge in [-0.3, -0.25) is 14.5 Å². The van der Waals surface area contributed by atoms with Gasteiger partial charge in [0.2, 0.25) is 11.8 Å². The predicted molar refractivity (Wildman–Crippen MR) is 142 cm³/mol. The van der Waals surface area contributed by atoms with Crippen molar-refractivity contribution in [2.75, 3.05) is 11.5 Å². The van der Waals surface area contributed by atoms with Crippen LogP contribution in [0, 0.1) is 5.82 Å². The Morgan fingerprint density at radius 2 is 1.76 bits per heavy atom. The summed E-state index contributed by atoms with van der Waals surface area (Å²) in [5.41, 5.74) is 2.29. The summed E-state index contributed by atoms with van der Waals surface area (Å²) in [5.74, 6) is -0.645. The summed E-state index contributed by atoms with van der Waals surface area (Å²) in [7, 11) is 0. The van der Waals surface area contributed by atoms with Crippen molar-refractivity contribution >= 4 is 28.5 Å². The van der Waals surface area contributed by atoms with E-state index in [1.54, 1.807) is 12.1 Å². The van der Waals surface area contributed by atoms with E-state index in [4.69, 9.17) is 4.74 Å². The van der Waals surface area contributed by atoms with E-state index in [1.165, 1.54) is 33.8 Å². The first-order chi connectivity index (χ1) is 18.5. The van der Waals surface area contributed by atoms with Crippen molar-refractivity contribution in [3.63, 3.8) is 0 Å². The largest absolute Gasteiger partial charge is 0.493 e. The van der Waals surface area contributed by atoms with Crippen LogP contribution in [0.2, 0.25) is 0 Å². The van der Waals surface area contributed by atoms with E-state index in [0.29, 0.717) is 34.6 Å². The van der Waals surface area contributed by atoms with E-state index >= 15 is 0 Å². The molecular weight excluding hydrogens is 485 g/mol. The highest BCUT2D eigenvalue weighted by atomic mass is 19.1. The number of ether oxygens (including phenoxy) is 1. The number of aromatic nitrogens is 3. The number of hydrogen-bond donors (Lipinski definition) is 1. The van der Waals surface area contributed by atoms with Gasteiger partial charge >= 0.3 is 0 Å². The molecule has 38 heavy (non-hydrogen) atoms. The number of carbonyl (C=O) groups is 2. The van der Waals surface area contributed by atoms with Gasteiger partial charge in [0.15, 0.2) is 0 Å². The van der Waals surface area contributed by atoms with Crippen LogP contribution in [-0.2, 0) is 16.1 Å². The Labute approximate surface area is 220 Å². The maximum absolute atomic E-state index is 14.1. The summed E-state index contributed by atoms with van der Waals surface area (Å²) in [6.07, 6.45) is 3.87. The zero-order valence-corrected chi connectivity index (χ0v) is 21.2. The van der Waals surface area contributed by atoms with Crippen molar-refractivity contribution in [1.29, 1.82) is 0 Å². The third kappa shape index (κ3) is 5.37. The summed E-state index contributed by atoms with van der Waals surface area (Å²) in [4.78, 5) is 29.5. The lowest BCUT2D eigenvalue weighted by Crippen LogP contribution is -2.47. The molecule has 0 radical (unpaired) electrons. The SMILES string of the molecule is CCOc1ccccc1C(C(=O)NC1CCCC1)N(C(=O)Cn1nnc2ccccc21)c1ccc(F)cc1. The summed E-state index contributed by atoms with van der Waals surface area (Å²) in [6.45, 7) is 2.09. The second-order valence-electron chi connectivity index (χ2n) is 9.34. The molecule has 1 saturated carbocycles. The predicted octanol–water partition coefficient (Wildman–Crippen LogP) is 4.80. The molecule has 0 aliphatic heterocycles.